The van der Waals surface area contributed by atoms with Gasteiger partial charge in [-0.15, -0.1) is 0 Å². The van der Waals surface area contributed by atoms with Crippen LogP contribution in [-0.2, 0) is 16.4 Å². The van der Waals surface area contributed by atoms with Crippen LogP contribution in [0.15, 0.2) is 54.6 Å². The Balaban J connectivity index is 1.82. The van der Waals surface area contributed by atoms with Crippen LogP contribution in [0.2, 0.25) is 0 Å². The third-order valence-electron chi connectivity index (χ3n) is 3.02. The molecule has 3 nitrogen and oxygen atoms in total. The van der Waals surface area contributed by atoms with Crippen molar-refractivity contribution in [1.29, 1.82) is 0 Å². The topological polar surface area (TPSA) is 35.5 Å². The molecule has 0 atom stereocenters. The largest absolute Gasteiger partial charge is 0.373 e. The van der Waals surface area contributed by atoms with Crippen molar-refractivity contribution in [3.05, 3.63) is 71.3 Å². The summed E-state index contributed by atoms with van der Waals surface area (Å²) in [6, 6.07) is 16.8. The average molecular weight is 270 g/mol. The normalized spacial score (nSPS) is 10.6. The van der Waals surface area contributed by atoms with Crippen LogP contribution in [-0.4, -0.2) is 5.97 Å². The molecule has 0 heterocycles. The SMILES string of the molecule is CC(C)c1ccc(COOC(=O)c2ccccc2)cc1. The third kappa shape index (κ3) is 3.93. The lowest BCUT2D eigenvalue weighted by Crippen LogP contribution is -2.06. The van der Waals surface area contributed by atoms with Crippen molar-refractivity contribution in [2.45, 2.75) is 26.4 Å². The molecule has 2 aromatic carbocycles. The Kier molecular flexibility index (Phi) is 4.91. The van der Waals surface area contributed by atoms with Crippen molar-refractivity contribution < 1.29 is 14.6 Å². The third-order valence-corrected chi connectivity index (χ3v) is 3.02. The lowest BCUT2D eigenvalue weighted by Gasteiger charge is -2.07. The van der Waals surface area contributed by atoms with E-state index in [0.717, 1.165) is 5.56 Å². The standard InChI is InChI=1S/C17H18O3/c1-13(2)15-10-8-14(9-11-15)12-19-20-17(18)16-6-4-3-5-7-16/h3-11,13H,12H2,1-2H3. The highest BCUT2D eigenvalue weighted by molar-refractivity contribution is 5.88. The van der Waals surface area contributed by atoms with Gasteiger partial charge in [0.05, 0.1) is 5.56 Å². The van der Waals surface area contributed by atoms with E-state index in [0.29, 0.717) is 11.5 Å². The second-order valence-corrected chi connectivity index (χ2v) is 4.90. The molecule has 0 saturated carbocycles. The zero-order valence-electron chi connectivity index (χ0n) is 11.7. The summed E-state index contributed by atoms with van der Waals surface area (Å²) in [6.45, 7) is 4.54. The van der Waals surface area contributed by atoms with E-state index in [1.807, 2.05) is 18.2 Å². The molecule has 0 radical (unpaired) electrons. The Morgan fingerprint density at radius 1 is 1.00 bits per heavy atom. The first-order chi connectivity index (χ1) is 9.66. The van der Waals surface area contributed by atoms with E-state index < -0.39 is 5.97 Å². The highest BCUT2D eigenvalue weighted by atomic mass is 17.2. The molecule has 0 saturated heterocycles. The minimum Gasteiger partial charge on any atom is -0.292 e. The summed E-state index contributed by atoms with van der Waals surface area (Å²) < 4.78 is 0. The van der Waals surface area contributed by atoms with Gasteiger partial charge >= 0.3 is 5.97 Å². The molecule has 3 heteroatoms. The van der Waals surface area contributed by atoms with E-state index >= 15 is 0 Å². The molecule has 2 rings (SSSR count). The van der Waals surface area contributed by atoms with Gasteiger partial charge in [-0.25, -0.2) is 4.79 Å². The maximum Gasteiger partial charge on any atom is 0.373 e. The summed E-state index contributed by atoms with van der Waals surface area (Å²) in [7, 11) is 0. The van der Waals surface area contributed by atoms with Crippen molar-refractivity contribution in [2.75, 3.05) is 0 Å². The molecule has 20 heavy (non-hydrogen) atoms. The van der Waals surface area contributed by atoms with Crippen molar-refractivity contribution >= 4 is 5.97 Å². The van der Waals surface area contributed by atoms with E-state index in [1.54, 1.807) is 24.3 Å². The fourth-order valence-corrected chi connectivity index (χ4v) is 1.77. The summed E-state index contributed by atoms with van der Waals surface area (Å²) >= 11 is 0. The van der Waals surface area contributed by atoms with Gasteiger partial charge in [-0.3, -0.25) is 4.89 Å². The van der Waals surface area contributed by atoms with Crippen LogP contribution in [0.3, 0.4) is 0 Å². The minimum atomic E-state index is -0.482. The van der Waals surface area contributed by atoms with Crippen molar-refractivity contribution in [3.63, 3.8) is 0 Å². The minimum absolute atomic E-state index is 0.247. The molecular weight excluding hydrogens is 252 g/mol. The molecule has 0 amide bonds. The fraction of sp³-hybridized carbons (Fsp3) is 0.235. The van der Waals surface area contributed by atoms with Gasteiger partial charge in [-0.1, -0.05) is 56.3 Å². The number of benzene rings is 2. The average Bonchev–Trinajstić information content (AvgIpc) is 2.48. The van der Waals surface area contributed by atoms with Gasteiger partial charge in [0, 0.05) is 0 Å². The van der Waals surface area contributed by atoms with Crippen LogP contribution in [0.5, 0.6) is 0 Å². The van der Waals surface area contributed by atoms with Gasteiger partial charge in [0.25, 0.3) is 0 Å². The second-order valence-electron chi connectivity index (χ2n) is 4.90. The summed E-state index contributed by atoms with van der Waals surface area (Å²) in [5.74, 6) is 0.0188. The molecule has 0 unspecified atom stereocenters. The van der Waals surface area contributed by atoms with Gasteiger partial charge in [0.2, 0.25) is 0 Å². The Morgan fingerprint density at radius 3 is 2.25 bits per heavy atom. The Hall–Kier alpha value is -2.13. The molecule has 2 aromatic rings. The van der Waals surface area contributed by atoms with Gasteiger partial charge < -0.3 is 0 Å². The highest BCUT2D eigenvalue weighted by Crippen LogP contribution is 2.15. The van der Waals surface area contributed by atoms with Crippen LogP contribution in [0.1, 0.15) is 41.3 Å². The smallest absolute Gasteiger partial charge is 0.292 e. The molecular formula is C17H18O3. The van der Waals surface area contributed by atoms with Crippen LogP contribution in [0.25, 0.3) is 0 Å². The van der Waals surface area contributed by atoms with Gasteiger partial charge in [0.1, 0.15) is 6.61 Å². The summed E-state index contributed by atoms with van der Waals surface area (Å²) in [4.78, 5) is 21.4. The first kappa shape index (κ1) is 14.3. The van der Waals surface area contributed by atoms with E-state index in [-0.39, 0.29) is 6.61 Å². The molecule has 0 N–H and O–H groups in total. The summed E-state index contributed by atoms with van der Waals surface area (Å²) in [5.41, 5.74) is 2.72. The van der Waals surface area contributed by atoms with E-state index in [4.69, 9.17) is 9.78 Å². The lowest BCUT2D eigenvalue weighted by molar-refractivity contribution is -0.250. The number of hydrogen-bond donors (Lipinski definition) is 0. The lowest BCUT2D eigenvalue weighted by atomic mass is 10.0. The first-order valence-electron chi connectivity index (χ1n) is 6.64. The molecule has 104 valence electrons. The van der Waals surface area contributed by atoms with Gasteiger partial charge in [-0.2, -0.15) is 4.89 Å². The molecule has 0 spiro atoms. The number of carbonyl (C=O) groups excluding carboxylic acids is 1. The molecule has 0 aromatic heterocycles. The van der Waals surface area contributed by atoms with Crippen LogP contribution < -0.4 is 0 Å². The first-order valence-corrected chi connectivity index (χ1v) is 6.64. The van der Waals surface area contributed by atoms with Crippen molar-refractivity contribution in [1.82, 2.24) is 0 Å². The number of carbonyl (C=O) groups is 1. The predicted molar refractivity (Wildman–Crippen MR) is 77.2 cm³/mol. The fourth-order valence-electron chi connectivity index (χ4n) is 1.77. The monoisotopic (exact) mass is 270 g/mol. The molecule has 0 bridgehead atoms. The highest BCUT2D eigenvalue weighted by Gasteiger charge is 2.07. The van der Waals surface area contributed by atoms with E-state index in [9.17, 15) is 4.79 Å². The van der Waals surface area contributed by atoms with Crippen LogP contribution >= 0.6 is 0 Å². The van der Waals surface area contributed by atoms with Crippen molar-refractivity contribution in [3.8, 4) is 0 Å². The number of hydrogen-bond acceptors (Lipinski definition) is 3. The van der Waals surface area contributed by atoms with E-state index in [2.05, 4.69) is 26.0 Å². The molecule has 0 aliphatic carbocycles. The maximum absolute atomic E-state index is 11.6. The Labute approximate surface area is 119 Å². The second kappa shape index (κ2) is 6.87. The summed E-state index contributed by atoms with van der Waals surface area (Å²) in [5, 5.41) is 0. The molecule has 0 fully saturated rings. The van der Waals surface area contributed by atoms with Crippen LogP contribution in [0, 0.1) is 0 Å². The molecule has 0 aliphatic rings. The van der Waals surface area contributed by atoms with E-state index in [1.165, 1.54) is 5.56 Å². The zero-order chi connectivity index (χ0) is 14.4. The predicted octanol–water partition coefficient (Wildman–Crippen LogP) is 4.10. The van der Waals surface area contributed by atoms with Gasteiger partial charge in [0.15, 0.2) is 0 Å². The number of rotatable bonds is 5. The van der Waals surface area contributed by atoms with Crippen LogP contribution in [0.4, 0.5) is 0 Å². The summed E-state index contributed by atoms with van der Waals surface area (Å²) in [6.07, 6.45) is 0. The quantitative estimate of drug-likeness (QED) is 0.606. The van der Waals surface area contributed by atoms with Crippen molar-refractivity contribution in [2.24, 2.45) is 0 Å². The zero-order valence-corrected chi connectivity index (χ0v) is 11.7. The van der Waals surface area contributed by atoms with Gasteiger partial charge in [-0.05, 0) is 29.2 Å². The molecule has 0 aliphatic heterocycles. The Bertz CT molecular complexity index is 544. The Morgan fingerprint density at radius 2 is 1.65 bits per heavy atom. The maximum atomic E-state index is 11.6.